The molecule has 10 heteroatoms. The second-order valence-electron chi connectivity index (χ2n) is 4.84. The third kappa shape index (κ3) is 2.46. The number of fused-ring (bicyclic) bond motifs is 1. The minimum absolute atomic E-state index is 0.0532. The van der Waals surface area contributed by atoms with Crippen LogP contribution in [0.1, 0.15) is 5.56 Å². The standard InChI is InChI=1S/C13H10BrN5O4/c1-17-10-9(11(20)16-13(17)21)18(12(14)15-10)6-7-4-2-3-5-8(7)19(22)23/h2-5H,6H2,1H3,(H,16,20,21). The fourth-order valence-corrected chi connectivity index (χ4v) is 2.82. The average Bonchev–Trinajstić information content (AvgIpc) is 2.83. The summed E-state index contributed by atoms with van der Waals surface area (Å²) in [4.78, 5) is 40.7. The molecule has 3 rings (SSSR count). The molecule has 0 fully saturated rings. The van der Waals surface area contributed by atoms with Crippen LogP contribution in [0.3, 0.4) is 0 Å². The second kappa shape index (κ2) is 5.47. The monoisotopic (exact) mass is 379 g/mol. The molecule has 0 aliphatic carbocycles. The van der Waals surface area contributed by atoms with Crippen LogP contribution >= 0.6 is 15.9 Å². The lowest BCUT2D eigenvalue weighted by Gasteiger charge is -2.06. The molecular weight excluding hydrogens is 370 g/mol. The predicted molar refractivity (Wildman–Crippen MR) is 85.5 cm³/mol. The summed E-state index contributed by atoms with van der Waals surface area (Å²) in [6, 6.07) is 6.24. The van der Waals surface area contributed by atoms with E-state index in [0.29, 0.717) is 10.3 Å². The maximum Gasteiger partial charge on any atom is 0.329 e. The Labute approximate surface area is 136 Å². The predicted octanol–water partition coefficient (Wildman–Crippen LogP) is 1.14. The van der Waals surface area contributed by atoms with E-state index in [1.807, 2.05) is 0 Å². The molecule has 2 heterocycles. The van der Waals surface area contributed by atoms with Gasteiger partial charge in [0.05, 0.1) is 11.5 Å². The summed E-state index contributed by atoms with van der Waals surface area (Å²) in [5.41, 5.74) is -0.445. The van der Waals surface area contributed by atoms with Gasteiger partial charge in [-0.15, -0.1) is 0 Å². The largest absolute Gasteiger partial charge is 0.329 e. The van der Waals surface area contributed by atoms with Crippen LogP contribution in [-0.4, -0.2) is 24.0 Å². The van der Waals surface area contributed by atoms with Crippen LogP contribution in [0.5, 0.6) is 0 Å². The number of hydrogen-bond donors (Lipinski definition) is 1. The van der Waals surface area contributed by atoms with Crippen molar-refractivity contribution in [3.05, 3.63) is 65.5 Å². The summed E-state index contributed by atoms with van der Waals surface area (Å²) >= 11 is 3.24. The molecule has 3 aromatic rings. The lowest BCUT2D eigenvalue weighted by atomic mass is 10.2. The molecule has 1 aromatic carbocycles. The van der Waals surface area contributed by atoms with Crippen molar-refractivity contribution in [2.75, 3.05) is 0 Å². The number of para-hydroxylation sites is 1. The lowest BCUT2D eigenvalue weighted by molar-refractivity contribution is -0.385. The van der Waals surface area contributed by atoms with Crippen LogP contribution < -0.4 is 11.2 Å². The number of aromatic nitrogens is 4. The molecular formula is C13H10BrN5O4. The summed E-state index contributed by atoms with van der Waals surface area (Å²) < 4.78 is 2.99. The second-order valence-corrected chi connectivity index (χ2v) is 5.55. The number of benzene rings is 1. The topological polar surface area (TPSA) is 116 Å². The first-order valence-electron chi connectivity index (χ1n) is 6.47. The van der Waals surface area contributed by atoms with Crippen LogP contribution in [0.2, 0.25) is 0 Å². The number of rotatable bonds is 3. The molecule has 0 radical (unpaired) electrons. The Morgan fingerprint density at radius 3 is 2.74 bits per heavy atom. The molecule has 0 atom stereocenters. The molecule has 0 saturated heterocycles. The molecule has 2 aromatic heterocycles. The number of imidazole rings is 1. The summed E-state index contributed by atoms with van der Waals surface area (Å²) in [5, 5.41) is 11.1. The fourth-order valence-electron chi connectivity index (χ4n) is 2.35. The van der Waals surface area contributed by atoms with Gasteiger partial charge in [0, 0.05) is 18.7 Å². The highest BCUT2D eigenvalue weighted by atomic mass is 79.9. The molecule has 9 nitrogen and oxygen atoms in total. The number of halogens is 1. The van der Waals surface area contributed by atoms with Gasteiger partial charge < -0.3 is 4.57 Å². The highest BCUT2D eigenvalue weighted by molar-refractivity contribution is 9.10. The number of nitro groups is 1. The zero-order chi connectivity index (χ0) is 16.7. The van der Waals surface area contributed by atoms with Crippen molar-refractivity contribution >= 4 is 32.8 Å². The fraction of sp³-hybridized carbons (Fsp3) is 0.154. The Balaban J connectivity index is 2.25. The number of H-pyrrole nitrogens is 1. The molecule has 0 unspecified atom stereocenters. The van der Waals surface area contributed by atoms with E-state index in [4.69, 9.17) is 0 Å². The highest BCUT2D eigenvalue weighted by Gasteiger charge is 2.19. The van der Waals surface area contributed by atoms with Gasteiger partial charge >= 0.3 is 5.69 Å². The summed E-state index contributed by atoms with van der Waals surface area (Å²) in [6.07, 6.45) is 0. The molecule has 0 bridgehead atoms. The van der Waals surface area contributed by atoms with Crippen molar-refractivity contribution in [2.45, 2.75) is 6.54 Å². The van der Waals surface area contributed by atoms with Gasteiger partial charge in [0.25, 0.3) is 11.2 Å². The van der Waals surface area contributed by atoms with Crippen molar-refractivity contribution in [3.8, 4) is 0 Å². The van der Waals surface area contributed by atoms with Gasteiger partial charge in [-0.2, -0.15) is 0 Å². The van der Waals surface area contributed by atoms with Gasteiger partial charge in [-0.25, -0.2) is 9.78 Å². The van der Waals surface area contributed by atoms with Gasteiger partial charge in [0.2, 0.25) is 0 Å². The number of nitrogens with one attached hydrogen (secondary N) is 1. The van der Waals surface area contributed by atoms with Crippen LogP contribution in [0.4, 0.5) is 5.69 Å². The van der Waals surface area contributed by atoms with Crippen molar-refractivity contribution in [1.82, 2.24) is 19.1 Å². The zero-order valence-corrected chi connectivity index (χ0v) is 13.4. The number of nitro benzene ring substituents is 1. The molecule has 0 aliphatic heterocycles. The highest BCUT2D eigenvalue weighted by Crippen LogP contribution is 2.23. The van der Waals surface area contributed by atoms with Crippen molar-refractivity contribution in [1.29, 1.82) is 0 Å². The van der Waals surface area contributed by atoms with E-state index in [1.165, 1.54) is 22.2 Å². The van der Waals surface area contributed by atoms with Gasteiger partial charge in [-0.1, -0.05) is 18.2 Å². The Hall–Kier alpha value is -2.75. The Morgan fingerprint density at radius 1 is 1.35 bits per heavy atom. The van der Waals surface area contributed by atoms with Gasteiger partial charge in [-0.05, 0) is 15.9 Å². The average molecular weight is 380 g/mol. The van der Waals surface area contributed by atoms with E-state index in [1.54, 1.807) is 18.2 Å². The van der Waals surface area contributed by atoms with E-state index in [0.717, 1.165) is 0 Å². The first-order valence-corrected chi connectivity index (χ1v) is 7.26. The van der Waals surface area contributed by atoms with E-state index >= 15 is 0 Å². The van der Waals surface area contributed by atoms with Crippen molar-refractivity contribution in [3.63, 3.8) is 0 Å². The Morgan fingerprint density at radius 2 is 2.04 bits per heavy atom. The first kappa shape index (κ1) is 15.2. The quantitative estimate of drug-likeness (QED) is 0.416. The molecule has 1 N–H and O–H groups in total. The number of aromatic amines is 1. The SMILES string of the molecule is Cn1c(=O)[nH]c(=O)c2c1nc(Br)n2Cc1ccccc1[N+](=O)[O-]. The molecule has 0 aliphatic rings. The van der Waals surface area contributed by atoms with Crippen LogP contribution in [0.25, 0.3) is 11.2 Å². The third-order valence-corrected chi connectivity index (χ3v) is 4.08. The van der Waals surface area contributed by atoms with E-state index in [9.17, 15) is 19.7 Å². The summed E-state index contributed by atoms with van der Waals surface area (Å²) in [7, 11) is 1.48. The summed E-state index contributed by atoms with van der Waals surface area (Å²) in [6.45, 7) is 0.0650. The van der Waals surface area contributed by atoms with Crippen LogP contribution in [-0.2, 0) is 13.6 Å². The van der Waals surface area contributed by atoms with Crippen LogP contribution in [0.15, 0.2) is 38.6 Å². The maximum atomic E-state index is 12.1. The summed E-state index contributed by atoms with van der Waals surface area (Å²) in [5.74, 6) is 0. The van der Waals surface area contributed by atoms with Crippen LogP contribution in [0, 0.1) is 10.1 Å². The van der Waals surface area contributed by atoms with Gasteiger partial charge in [-0.3, -0.25) is 24.5 Å². The van der Waals surface area contributed by atoms with Gasteiger partial charge in [0.15, 0.2) is 15.9 Å². The van der Waals surface area contributed by atoms with Crippen molar-refractivity contribution < 1.29 is 4.92 Å². The number of aryl methyl sites for hydroxylation is 1. The van der Waals surface area contributed by atoms with Crippen molar-refractivity contribution in [2.24, 2.45) is 7.05 Å². The molecule has 0 amide bonds. The van der Waals surface area contributed by atoms with E-state index in [2.05, 4.69) is 25.9 Å². The minimum Gasteiger partial charge on any atom is -0.308 e. The van der Waals surface area contributed by atoms with Gasteiger partial charge in [0.1, 0.15) is 0 Å². The number of nitrogens with zero attached hydrogens (tertiary/aromatic N) is 4. The normalized spacial score (nSPS) is 11.0. The third-order valence-electron chi connectivity index (χ3n) is 3.48. The molecule has 0 spiro atoms. The molecule has 118 valence electrons. The number of hydrogen-bond acceptors (Lipinski definition) is 5. The van der Waals surface area contributed by atoms with E-state index < -0.39 is 16.2 Å². The van der Waals surface area contributed by atoms with E-state index in [-0.39, 0.29) is 23.4 Å². The first-order chi connectivity index (χ1) is 10.9. The minimum atomic E-state index is -0.597. The Kier molecular flexibility index (Phi) is 3.60. The Bertz CT molecular complexity index is 1050. The molecule has 23 heavy (non-hydrogen) atoms. The molecule has 0 saturated carbocycles. The smallest absolute Gasteiger partial charge is 0.308 e. The lowest BCUT2D eigenvalue weighted by Crippen LogP contribution is -2.29. The maximum absolute atomic E-state index is 12.1. The zero-order valence-electron chi connectivity index (χ0n) is 11.8.